The van der Waals surface area contributed by atoms with Crippen LogP contribution in [0.15, 0.2) is 18.5 Å². The number of nitrogens with one attached hydrogen (secondary N) is 1. The fourth-order valence-electron chi connectivity index (χ4n) is 0.954. The van der Waals surface area contributed by atoms with E-state index in [2.05, 4.69) is 20.4 Å². The zero-order valence-corrected chi connectivity index (χ0v) is 7.28. The third-order valence-electron chi connectivity index (χ3n) is 1.51. The van der Waals surface area contributed by atoms with Crippen molar-refractivity contribution in [3.63, 3.8) is 0 Å². The Balaban J connectivity index is 2.68. The monoisotopic (exact) mass is 195 g/mol. The fraction of sp³-hybridized carbons (Fsp3) is 0. The summed E-state index contributed by atoms with van der Waals surface area (Å²) in [5, 5.41) is 0.524. The van der Waals surface area contributed by atoms with E-state index in [9.17, 15) is 0 Å². The maximum absolute atomic E-state index is 5.73. The number of hydrazine groups is 1. The van der Waals surface area contributed by atoms with E-state index in [0.29, 0.717) is 22.0 Å². The second-order valence-electron chi connectivity index (χ2n) is 2.40. The van der Waals surface area contributed by atoms with Gasteiger partial charge in [-0.2, -0.15) is 0 Å². The smallest absolute Gasteiger partial charge is 0.178 e. The van der Waals surface area contributed by atoms with Gasteiger partial charge >= 0.3 is 0 Å². The average molecular weight is 196 g/mol. The van der Waals surface area contributed by atoms with Gasteiger partial charge in [0.05, 0.1) is 11.2 Å². The summed E-state index contributed by atoms with van der Waals surface area (Å²) in [6, 6.07) is 1.68. The highest BCUT2D eigenvalue weighted by atomic mass is 35.5. The second-order valence-corrected chi connectivity index (χ2v) is 2.83. The molecule has 0 spiro atoms. The number of rotatable bonds is 1. The molecule has 2 aromatic heterocycles. The van der Waals surface area contributed by atoms with Crippen LogP contribution in [0.25, 0.3) is 11.2 Å². The number of pyridine rings is 1. The topological polar surface area (TPSA) is 76.7 Å². The zero-order chi connectivity index (χ0) is 9.26. The molecule has 3 N–H and O–H groups in total. The van der Waals surface area contributed by atoms with Crippen LogP contribution >= 0.6 is 11.6 Å². The second kappa shape index (κ2) is 3.12. The van der Waals surface area contributed by atoms with Gasteiger partial charge in [0, 0.05) is 6.20 Å². The summed E-state index contributed by atoms with van der Waals surface area (Å²) in [5.74, 6) is 5.66. The lowest BCUT2D eigenvalue weighted by atomic mass is 10.4. The molecule has 66 valence electrons. The first-order valence-electron chi connectivity index (χ1n) is 3.54. The minimum absolute atomic E-state index is 0.483. The van der Waals surface area contributed by atoms with Gasteiger partial charge < -0.3 is 5.43 Å². The van der Waals surface area contributed by atoms with Crippen LogP contribution < -0.4 is 11.3 Å². The molecule has 0 unspecified atom stereocenters. The molecule has 0 aromatic carbocycles. The van der Waals surface area contributed by atoms with Gasteiger partial charge in [0.15, 0.2) is 11.5 Å². The highest BCUT2D eigenvalue weighted by Gasteiger charge is 1.99. The maximum Gasteiger partial charge on any atom is 0.178 e. The van der Waals surface area contributed by atoms with E-state index in [1.807, 2.05) is 0 Å². The van der Waals surface area contributed by atoms with Crippen molar-refractivity contribution in [2.45, 2.75) is 0 Å². The predicted molar refractivity (Wildman–Crippen MR) is 50.2 cm³/mol. The fourth-order valence-corrected chi connectivity index (χ4v) is 1.11. The van der Waals surface area contributed by atoms with Crippen molar-refractivity contribution in [2.75, 3.05) is 5.43 Å². The summed E-state index contributed by atoms with van der Waals surface area (Å²) in [5.41, 5.74) is 3.55. The Morgan fingerprint density at radius 2 is 2.08 bits per heavy atom. The Hall–Kier alpha value is -1.46. The molecular weight excluding hydrogens is 190 g/mol. The molecule has 6 heteroatoms. The van der Waals surface area contributed by atoms with Crippen LogP contribution in [0.1, 0.15) is 0 Å². The van der Waals surface area contributed by atoms with Crippen LogP contribution in [0.2, 0.25) is 5.02 Å². The first kappa shape index (κ1) is 8.15. The number of nitrogens with two attached hydrogens (primary N) is 1. The van der Waals surface area contributed by atoms with E-state index in [4.69, 9.17) is 17.4 Å². The highest BCUT2D eigenvalue weighted by molar-refractivity contribution is 6.30. The van der Waals surface area contributed by atoms with Gasteiger partial charge in [-0.05, 0) is 6.07 Å². The summed E-state index contributed by atoms with van der Waals surface area (Å²) >= 11 is 5.73. The Bertz CT molecular complexity index is 444. The molecule has 0 radical (unpaired) electrons. The first-order valence-corrected chi connectivity index (χ1v) is 3.92. The van der Waals surface area contributed by atoms with E-state index in [-0.39, 0.29) is 0 Å². The van der Waals surface area contributed by atoms with Gasteiger partial charge in [0.2, 0.25) is 0 Å². The van der Waals surface area contributed by atoms with Gasteiger partial charge in [-0.1, -0.05) is 11.6 Å². The summed E-state index contributed by atoms with van der Waals surface area (Å²) in [7, 11) is 0. The molecule has 0 saturated carbocycles. The van der Waals surface area contributed by atoms with Crippen molar-refractivity contribution in [3.8, 4) is 0 Å². The maximum atomic E-state index is 5.73. The summed E-state index contributed by atoms with van der Waals surface area (Å²) < 4.78 is 0. The Morgan fingerprint density at radius 3 is 2.85 bits per heavy atom. The van der Waals surface area contributed by atoms with Crippen LogP contribution in [0.4, 0.5) is 5.82 Å². The number of hydrogen-bond donors (Lipinski definition) is 2. The number of fused-ring (bicyclic) bond motifs is 1. The highest BCUT2D eigenvalue weighted by Crippen LogP contribution is 2.14. The lowest BCUT2D eigenvalue weighted by Gasteiger charge is -1.99. The normalized spacial score (nSPS) is 10.3. The SMILES string of the molecule is NNc1cnc2ncc(Cl)cc2n1. The standard InChI is InChI=1S/C7H6ClN5/c8-4-1-5-7(10-2-4)11-3-6(12-5)13-9/h1-3H,9H2,(H,12,13). The number of halogens is 1. The molecule has 5 nitrogen and oxygen atoms in total. The lowest BCUT2D eigenvalue weighted by Crippen LogP contribution is -2.08. The van der Waals surface area contributed by atoms with E-state index < -0.39 is 0 Å². The van der Waals surface area contributed by atoms with Crippen molar-refractivity contribution in [3.05, 3.63) is 23.5 Å². The van der Waals surface area contributed by atoms with E-state index >= 15 is 0 Å². The third kappa shape index (κ3) is 1.51. The predicted octanol–water partition coefficient (Wildman–Crippen LogP) is 0.964. The van der Waals surface area contributed by atoms with Crippen molar-refractivity contribution < 1.29 is 0 Å². The van der Waals surface area contributed by atoms with Crippen LogP contribution in [-0.4, -0.2) is 15.0 Å². The molecule has 13 heavy (non-hydrogen) atoms. The number of hydrogen-bond acceptors (Lipinski definition) is 5. The lowest BCUT2D eigenvalue weighted by molar-refractivity contribution is 1.18. The molecule has 0 fully saturated rings. The van der Waals surface area contributed by atoms with Crippen LogP contribution in [-0.2, 0) is 0 Å². The van der Waals surface area contributed by atoms with Crippen LogP contribution in [0, 0.1) is 0 Å². The van der Waals surface area contributed by atoms with Crippen molar-refractivity contribution in [2.24, 2.45) is 5.84 Å². The molecule has 0 aliphatic heterocycles. The van der Waals surface area contributed by atoms with E-state index in [1.165, 1.54) is 12.4 Å². The Labute approximate surface area is 78.9 Å². The van der Waals surface area contributed by atoms with E-state index in [0.717, 1.165) is 0 Å². The number of nitrogen functional groups attached to an aromatic ring is 1. The quantitative estimate of drug-likeness (QED) is 0.524. The Morgan fingerprint density at radius 1 is 1.31 bits per heavy atom. The first-order chi connectivity index (χ1) is 6.29. The Kier molecular flexibility index (Phi) is 1.96. The summed E-state index contributed by atoms with van der Waals surface area (Å²) in [6.45, 7) is 0. The van der Waals surface area contributed by atoms with E-state index in [1.54, 1.807) is 6.07 Å². The largest absolute Gasteiger partial charge is 0.307 e. The molecule has 2 aromatic rings. The van der Waals surface area contributed by atoms with Gasteiger partial charge in [-0.15, -0.1) is 0 Å². The number of anilines is 1. The molecule has 2 rings (SSSR count). The molecule has 0 bridgehead atoms. The molecule has 0 amide bonds. The third-order valence-corrected chi connectivity index (χ3v) is 1.72. The number of nitrogens with zero attached hydrogens (tertiary/aromatic N) is 3. The molecular formula is C7H6ClN5. The molecule has 0 atom stereocenters. The van der Waals surface area contributed by atoms with Crippen molar-refractivity contribution >= 4 is 28.6 Å². The van der Waals surface area contributed by atoms with Crippen molar-refractivity contribution in [1.29, 1.82) is 0 Å². The minimum Gasteiger partial charge on any atom is -0.307 e. The van der Waals surface area contributed by atoms with Gasteiger partial charge in [-0.3, -0.25) is 0 Å². The summed E-state index contributed by atoms with van der Waals surface area (Å²) in [6.07, 6.45) is 3.03. The summed E-state index contributed by atoms with van der Waals surface area (Å²) in [4.78, 5) is 12.1. The number of aromatic nitrogens is 3. The molecule has 0 aliphatic carbocycles. The van der Waals surface area contributed by atoms with Crippen molar-refractivity contribution in [1.82, 2.24) is 15.0 Å². The van der Waals surface area contributed by atoms with Gasteiger partial charge in [0.25, 0.3) is 0 Å². The average Bonchev–Trinajstić information content (AvgIpc) is 2.16. The molecule has 0 aliphatic rings. The zero-order valence-electron chi connectivity index (χ0n) is 6.53. The molecule has 0 saturated heterocycles. The van der Waals surface area contributed by atoms with Gasteiger partial charge in [-0.25, -0.2) is 20.8 Å². The minimum atomic E-state index is 0.483. The van der Waals surface area contributed by atoms with Gasteiger partial charge in [0.1, 0.15) is 5.52 Å². The van der Waals surface area contributed by atoms with Crippen LogP contribution in [0.3, 0.4) is 0 Å². The van der Waals surface area contributed by atoms with Crippen LogP contribution in [0.5, 0.6) is 0 Å². The molecule has 2 heterocycles.